The number of aromatic nitrogens is 1. The van der Waals surface area contributed by atoms with E-state index in [0.717, 1.165) is 39.7 Å². The van der Waals surface area contributed by atoms with E-state index < -0.39 is 0 Å². The Kier molecular flexibility index (Phi) is 5.82. The van der Waals surface area contributed by atoms with Gasteiger partial charge in [0.15, 0.2) is 0 Å². The standard InChI is InChI=1S/C26H23ClN2O/c1-17-10-12-20(13-11-17)25-18(2)24(22-8-3-4-9-23(22)29-25)26(30)28-15-14-19-6-5-7-21(27)16-19/h3-13,16H,14-15H2,1-2H3,(H,28,30). The van der Waals surface area contributed by atoms with Crippen molar-refractivity contribution in [1.29, 1.82) is 0 Å². The second-order valence-electron chi connectivity index (χ2n) is 7.48. The second-order valence-corrected chi connectivity index (χ2v) is 7.92. The molecule has 1 heterocycles. The van der Waals surface area contributed by atoms with E-state index in [-0.39, 0.29) is 5.91 Å². The number of nitrogens with one attached hydrogen (secondary N) is 1. The lowest BCUT2D eigenvalue weighted by Crippen LogP contribution is -2.27. The molecule has 30 heavy (non-hydrogen) atoms. The molecular formula is C26H23ClN2O. The first-order chi connectivity index (χ1) is 14.5. The molecule has 0 aliphatic heterocycles. The van der Waals surface area contributed by atoms with Crippen LogP contribution >= 0.6 is 11.6 Å². The Bertz CT molecular complexity index is 1220. The predicted molar refractivity (Wildman–Crippen MR) is 124 cm³/mol. The van der Waals surface area contributed by atoms with Crippen LogP contribution in [0.2, 0.25) is 5.02 Å². The number of rotatable bonds is 5. The molecule has 4 aromatic rings. The van der Waals surface area contributed by atoms with Crippen LogP contribution in [0, 0.1) is 13.8 Å². The molecule has 1 amide bonds. The first-order valence-corrected chi connectivity index (χ1v) is 10.4. The zero-order valence-electron chi connectivity index (χ0n) is 17.1. The first-order valence-electron chi connectivity index (χ1n) is 10.0. The number of hydrogen-bond acceptors (Lipinski definition) is 2. The molecule has 0 aliphatic carbocycles. The average Bonchev–Trinajstić information content (AvgIpc) is 2.74. The molecule has 0 radical (unpaired) electrons. The lowest BCUT2D eigenvalue weighted by molar-refractivity contribution is 0.0955. The Labute approximate surface area is 181 Å². The summed E-state index contributed by atoms with van der Waals surface area (Å²) >= 11 is 6.06. The monoisotopic (exact) mass is 414 g/mol. The molecule has 0 bridgehead atoms. The average molecular weight is 415 g/mol. The van der Waals surface area contributed by atoms with Gasteiger partial charge >= 0.3 is 0 Å². The topological polar surface area (TPSA) is 42.0 Å². The summed E-state index contributed by atoms with van der Waals surface area (Å²) < 4.78 is 0. The van der Waals surface area contributed by atoms with Gasteiger partial charge in [0.05, 0.1) is 16.8 Å². The second kappa shape index (κ2) is 8.68. The molecular weight excluding hydrogens is 392 g/mol. The maximum Gasteiger partial charge on any atom is 0.252 e. The molecule has 0 aliphatic rings. The van der Waals surface area contributed by atoms with Gasteiger partial charge in [-0.25, -0.2) is 4.98 Å². The van der Waals surface area contributed by atoms with Gasteiger partial charge in [0.2, 0.25) is 0 Å². The quantitative estimate of drug-likeness (QED) is 0.426. The van der Waals surface area contributed by atoms with E-state index in [0.29, 0.717) is 17.1 Å². The van der Waals surface area contributed by atoms with Crippen molar-refractivity contribution in [3.8, 4) is 11.3 Å². The van der Waals surface area contributed by atoms with Crippen LogP contribution in [0.1, 0.15) is 27.0 Å². The molecule has 150 valence electrons. The van der Waals surface area contributed by atoms with Crippen molar-refractivity contribution in [2.75, 3.05) is 6.54 Å². The summed E-state index contributed by atoms with van der Waals surface area (Å²) in [6.07, 6.45) is 0.721. The number of fused-ring (bicyclic) bond motifs is 1. The highest BCUT2D eigenvalue weighted by molar-refractivity contribution is 6.30. The number of carbonyl (C=O) groups is 1. The van der Waals surface area contributed by atoms with E-state index in [9.17, 15) is 4.79 Å². The Hall–Kier alpha value is -3.17. The van der Waals surface area contributed by atoms with Gasteiger partial charge in [0.25, 0.3) is 5.91 Å². The van der Waals surface area contributed by atoms with Gasteiger partial charge in [-0.15, -0.1) is 0 Å². The molecule has 0 saturated carbocycles. The van der Waals surface area contributed by atoms with Crippen LogP contribution in [0.3, 0.4) is 0 Å². The summed E-state index contributed by atoms with van der Waals surface area (Å²) in [4.78, 5) is 18.1. The van der Waals surface area contributed by atoms with E-state index >= 15 is 0 Å². The highest BCUT2D eigenvalue weighted by Gasteiger charge is 2.18. The minimum Gasteiger partial charge on any atom is -0.352 e. The van der Waals surface area contributed by atoms with Crippen LogP contribution < -0.4 is 5.32 Å². The molecule has 3 aromatic carbocycles. The van der Waals surface area contributed by atoms with E-state index in [1.807, 2.05) is 55.5 Å². The third-order valence-corrected chi connectivity index (χ3v) is 5.51. The fraction of sp³-hybridized carbons (Fsp3) is 0.154. The van der Waals surface area contributed by atoms with Gasteiger partial charge < -0.3 is 5.32 Å². The SMILES string of the molecule is Cc1ccc(-c2nc3ccccc3c(C(=O)NCCc3cccc(Cl)c3)c2C)cc1. The highest BCUT2D eigenvalue weighted by atomic mass is 35.5. The van der Waals surface area contributed by atoms with Crippen LogP contribution in [0.25, 0.3) is 22.2 Å². The number of halogens is 1. The van der Waals surface area contributed by atoms with Gasteiger partial charge in [-0.1, -0.05) is 71.8 Å². The third kappa shape index (κ3) is 4.22. The van der Waals surface area contributed by atoms with Crippen molar-refractivity contribution in [2.45, 2.75) is 20.3 Å². The minimum atomic E-state index is -0.0820. The van der Waals surface area contributed by atoms with Crippen LogP contribution in [0.4, 0.5) is 0 Å². The van der Waals surface area contributed by atoms with Gasteiger partial charge in [0, 0.05) is 22.5 Å². The van der Waals surface area contributed by atoms with Crippen LogP contribution in [-0.4, -0.2) is 17.4 Å². The zero-order valence-corrected chi connectivity index (χ0v) is 17.8. The van der Waals surface area contributed by atoms with Crippen LogP contribution in [0.15, 0.2) is 72.8 Å². The van der Waals surface area contributed by atoms with Crippen molar-refractivity contribution >= 4 is 28.4 Å². The molecule has 0 unspecified atom stereocenters. The number of para-hydroxylation sites is 1. The molecule has 0 atom stereocenters. The number of pyridine rings is 1. The summed E-state index contributed by atoms with van der Waals surface area (Å²) in [6.45, 7) is 4.57. The third-order valence-electron chi connectivity index (χ3n) is 5.28. The summed E-state index contributed by atoms with van der Waals surface area (Å²) in [5.74, 6) is -0.0820. The predicted octanol–water partition coefficient (Wildman–Crippen LogP) is 6.14. The smallest absolute Gasteiger partial charge is 0.252 e. The lowest BCUT2D eigenvalue weighted by atomic mass is 9.96. The summed E-state index contributed by atoms with van der Waals surface area (Å²) in [6, 6.07) is 23.8. The number of aryl methyl sites for hydroxylation is 1. The lowest BCUT2D eigenvalue weighted by Gasteiger charge is -2.15. The molecule has 0 saturated heterocycles. The number of nitrogens with zero attached hydrogens (tertiary/aromatic N) is 1. The Morgan fingerprint density at radius 3 is 2.50 bits per heavy atom. The number of benzene rings is 3. The van der Waals surface area contributed by atoms with Gasteiger partial charge in [-0.2, -0.15) is 0 Å². The number of amides is 1. The van der Waals surface area contributed by atoms with Crippen molar-refractivity contribution in [2.24, 2.45) is 0 Å². The van der Waals surface area contributed by atoms with Gasteiger partial charge in [-0.3, -0.25) is 4.79 Å². The van der Waals surface area contributed by atoms with E-state index in [4.69, 9.17) is 16.6 Å². The molecule has 4 rings (SSSR count). The molecule has 1 N–H and O–H groups in total. The molecule has 0 fully saturated rings. The normalized spacial score (nSPS) is 10.9. The molecule has 0 spiro atoms. The van der Waals surface area contributed by atoms with Crippen molar-refractivity contribution in [3.63, 3.8) is 0 Å². The van der Waals surface area contributed by atoms with Gasteiger partial charge in [0.1, 0.15) is 0 Å². The van der Waals surface area contributed by atoms with E-state index in [1.54, 1.807) is 0 Å². The fourth-order valence-electron chi connectivity index (χ4n) is 3.69. The van der Waals surface area contributed by atoms with Gasteiger partial charge in [-0.05, 0) is 49.6 Å². The number of hydrogen-bond donors (Lipinski definition) is 1. The molecule has 3 nitrogen and oxygen atoms in total. The summed E-state index contributed by atoms with van der Waals surface area (Å²) in [5.41, 5.74) is 6.53. The largest absolute Gasteiger partial charge is 0.352 e. The molecule has 1 aromatic heterocycles. The summed E-state index contributed by atoms with van der Waals surface area (Å²) in [5, 5.41) is 4.65. The maximum atomic E-state index is 13.2. The minimum absolute atomic E-state index is 0.0820. The van der Waals surface area contributed by atoms with Crippen LogP contribution in [-0.2, 0) is 6.42 Å². The first kappa shape index (κ1) is 20.1. The molecule has 4 heteroatoms. The van der Waals surface area contributed by atoms with Crippen molar-refractivity contribution in [3.05, 3.63) is 100 Å². The Morgan fingerprint density at radius 2 is 1.73 bits per heavy atom. The maximum absolute atomic E-state index is 13.2. The zero-order chi connectivity index (χ0) is 21.1. The van der Waals surface area contributed by atoms with Crippen molar-refractivity contribution in [1.82, 2.24) is 10.3 Å². The van der Waals surface area contributed by atoms with E-state index in [1.165, 1.54) is 5.56 Å². The van der Waals surface area contributed by atoms with Crippen molar-refractivity contribution < 1.29 is 4.79 Å². The summed E-state index contributed by atoms with van der Waals surface area (Å²) in [7, 11) is 0. The van der Waals surface area contributed by atoms with Crippen LogP contribution in [0.5, 0.6) is 0 Å². The number of carbonyl (C=O) groups excluding carboxylic acids is 1. The Morgan fingerprint density at radius 1 is 0.967 bits per heavy atom. The Balaban J connectivity index is 1.67. The highest BCUT2D eigenvalue weighted by Crippen LogP contribution is 2.29. The fourth-order valence-corrected chi connectivity index (χ4v) is 3.91. The van der Waals surface area contributed by atoms with E-state index in [2.05, 4.69) is 36.5 Å².